The van der Waals surface area contributed by atoms with Gasteiger partial charge in [-0.2, -0.15) is 0 Å². The lowest BCUT2D eigenvalue weighted by Gasteiger charge is -2.51. The maximum Gasteiger partial charge on any atom is 0.145 e. The molecule has 2 fully saturated rings. The van der Waals surface area contributed by atoms with E-state index >= 15 is 0 Å². The van der Waals surface area contributed by atoms with Crippen molar-refractivity contribution in [2.75, 3.05) is 0 Å². The molecule has 17 heavy (non-hydrogen) atoms. The van der Waals surface area contributed by atoms with Crippen LogP contribution >= 0.6 is 0 Å². The van der Waals surface area contributed by atoms with Crippen molar-refractivity contribution in [3.05, 3.63) is 24.3 Å². The molecular formula is C15H22O2. The fourth-order valence-corrected chi connectivity index (χ4v) is 3.84. The molecule has 94 valence electrons. The molecule has 0 aliphatic heterocycles. The van der Waals surface area contributed by atoms with Crippen LogP contribution in [0.4, 0.5) is 0 Å². The molecule has 2 rings (SSSR count). The molecule has 0 saturated heterocycles. The van der Waals surface area contributed by atoms with Crippen LogP contribution < -0.4 is 0 Å². The Bertz CT molecular complexity index is 358. The molecule has 2 aliphatic rings. The number of aliphatic hydroxyl groups is 1. The molecule has 0 bridgehead atoms. The number of carbonyl (C=O) groups is 1. The summed E-state index contributed by atoms with van der Waals surface area (Å²) >= 11 is 0. The molecule has 4 atom stereocenters. The van der Waals surface area contributed by atoms with Gasteiger partial charge in [0.15, 0.2) is 0 Å². The Balaban J connectivity index is 2.26. The van der Waals surface area contributed by atoms with E-state index in [9.17, 15) is 9.90 Å². The molecule has 0 spiro atoms. The molecule has 2 nitrogen and oxygen atoms in total. The summed E-state index contributed by atoms with van der Waals surface area (Å²) in [6, 6.07) is 0. The van der Waals surface area contributed by atoms with Gasteiger partial charge in [0.2, 0.25) is 0 Å². The summed E-state index contributed by atoms with van der Waals surface area (Å²) < 4.78 is 0. The van der Waals surface area contributed by atoms with Crippen LogP contribution in [0.5, 0.6) is 0 Å². The summed E-state index contributed by atoms with van der Waals surface area (Å²) in [5, 5.41) is 10.5. The average Bonchev–Trinajstić information content (AvgIpc) is 2.28. The molecule has 0 heterocycles. The van der Waals surface area contributed by atoms with Crippen molar-refractivity contribution < 1.29 is 9.90 Å². The first-order valence-electron chi connectivity index (χ1n) is 6.49. The highest BCUT2D eigenvalue weighted by Gasteiger charge is 2.48. The molecule has 2 aliphatic carbocycles. The number of aldehydes is 1. The number of hydrogen-bond acceptors (Lipinski definition) is 2. The second kappa shape index (κ2) is 4.41. The van der Waals surface area contributed by atoms with Gasteiger partial charge in [0.1, 0.15) is 6.29 Å². The molecule has 1 N–H and O–H groups in total. The van der Waals surface area contributed by atoms with Gasteiger partial charge in [0.25, 0.3) is 0 Å². The van der Waals surface area contributed by atoms with Crippen molar-refractivity contribution in [2.45, 2.75) is 45.1 Å². The molecular weight excluding hydrogens is 212 g/mol. The van der Waals surface area contributed by atoms with E-state index in [1.807, 2.05) is 0 Å². The second-order valence-corrected chi connectivity index (χ2v) is 5.97. The van der Waals surface area contributed by atoms with Crippen LogP contribution in [0.2, 0.25) is 0 Å². The molecule has 0 unspecified atom stereocenters. The maximum absolute atomic E-state index is 10.8. The van der Waals surface area contributed by atoms with Gasteiger partial charge < -0.3 is 5.11 Å². The van der Waals surface area contributed by atoms with Gasteiger partial charge >= 0.3 is 0 Å². The summed E-state index contributed by atoms with van der Waals surface area (Å²) in [5.41, 5.74) is 1.88. The first kappa shape index (κ1) is 12.6. The van der Waals surface area contributed by atoms with E-state index in [0.29, 0.717) is 5.57 Å². The Labute approximate surface area is 103 Å². The predicted octanol–water partition coefficient (Wildman–Crippen LogP) is 2.88. The zero-order chi connectivity index (χ0) is 12.6. The van der Waals surface area contributed by atoms with Crippen molar-refractivity contribution in [1.82, 2.24) is 0 Å². The average molecular weight is 234 g/mol. The van der Waals surface area contributed by atoms with Crippen LogP contribution in [0.3, 0.4) is 0 Å². The van der Waals surface area contributed by atoms with Gasteiger partial charge in [-0.25, -0.2) is 0 Å². The second-order valence-electron chi connectivity index (χ2n) is 5.97. The molecule has 2 saturated carbocycles. The Hall–Kier alpha value is -0.890. The zero-order valence-electron chi connectivity index (χ0n) is 10.6. The van der Waals surface area contributed by atoms with Gasteiger partial charge in [-0.15, -0.1) is 0 Å². The first-order chi connectivity index (χ1) is 7.99. The van der Waals surface area contributed by atoms with Crippen LogP contribution in [-0.4, -0.2) is 17.5 Å². The normalized spacial score (nSPS) is 41.8. The number of rotatable bonds is 2. The summed E-state index contributed by atoms with van der Waals surface area (Å²) in [4.78, 5) is 10.8. The van der Waals surface area contributed by atoms with Gasteiger partial charge in [-0.1, -0.05) is 25.7 Å². The monoisotopic (exact) mass is 234 g/mol. The Kier molecular flexibility index (Phi) is 3.26. The largest absolute Gasteiger partial charge is 0.392 e. The summed E-state index contributed by atoms with van der Waals surface area (Å²) in [6.45, 7) is 10.2. The molecule has 2 heteroatoms. The Morgan fingerprint density at radius 3 is 2.88 bits per heavy atom. The lowest BCUT2D eigenvalue weighted by atomic mass is 9.55. The highest BCUT2D eigenvalue weighted by molar-refractivity contribution is 5.73. The van der Waals surface area contributed by atoms with Crippen molar-refractivity contribution in [2.24, 2.45) is 17.3 Å². The van der Waals surface area contributed by atoms with Crippen LogP contribution in [0, 0.1) is 17.3 Å². The summed E-state index contributed by atoms with van der Waals surface area (Å²) in [7, 11) is 0. The maximum atomic E-state index is 10.8. The van der Waals surface area contributed by atoms with Gasteiger partial charge in [-0.3, -0.25) is 4.79 Å². The van der Waals surface area contributed by atoms with Gasteiger partial charge in [0, 0.05) is 11.8 Å². The third kappa shape index (κ3) is 1.99. The van der Waals surface area contributed by atoms with Crippen LogP contribution in [0.1, 0.15) is 39.0 Å². The Morgan fingerprint density at radius 1 is 1.53 bits per heavy atom. The topological polar surface area (TPSA) is 37.3 Å². The van der Waals surface area contributed by atoms with E-state index < -0.39 is 6.10 Å². The van der Waals surface area contributed by atoms with E-state index in [4.69, 9.17) is 0 Å². The highest BCUT2D eigenvalue weighted by Crippen LogP contribution is 2.54. The van der Waals surface area contributed by atoms with Crippen LogP contribution in [0.15, 0.2) is 24.3 Å². The van der Waals surface area contributed by atoms with E-state index in [-0.39, 0.29) is 17.3 Å². The van der Waals surface area contributed by atoms with Crippen molar-refractivity contribution in [3.63, 3.8) is 0 Å². The van der Waals surface area contributed by atoms with E-state index in [1.165, 1.54) is 6.42 Å². The zero-order valence-corrected chi connectivity index (χ0v) is 10.6. The molecule has 0 aromatic carbocycles. The number of carbonyl (C=O) groups excluding carboxylic acids is 1. The standard InChI is InChI=1S/C15H22O2/c1-10-5-4-7-15(3)8-6-12(11(2)9-16)14(17)13(10)15/h9,12-14,17H,1-2,4-8H2,3H3/t12-,13+,14-,15-/m0/s1. The van der Waals surface area contributed by atoms with Crippen molar-refractivity contribution in [1.29, 1.82) is 0 Å². The van der Waals surface area contributed by atoms with Gasteiger partial charge in [-0.05, 0) is 43.1 Å². The van der Waals surface area contributed by atoms with E-state index in [0.717, 1.165) is 37.5 Å². The lowest BCUT2D eigenvalue weighted by Crippen LogP contribution is -2.48. The Morgan fingerprint density at radius 2 is 2.24 bits per heavy atom. The van der Waals surface area contributed by atoms with Gasteiger partial charge in [0.05, 0.1) is 6.10 Å². The minimum atomic E-state index is -0.473. The molecule has 0 aromatic heterocycles. The van der Waals surface area contributed by atoms with Crippen LogP contribution in [0.25, 0.3) is 0 Å². The smallest absolute Gasteiger partial charge is 0.145 e. The molecule has 0 aromatic rings. The fraction of sp³-hybridized carbons (Fsp3) is 0.667. The summed E-state index contributed by atoms with van der Waals surface area (Å²) in [5.74, 6) is 0.0760. The quantitative estimate of drug-likeness (QED) is 0.453. The van der Waals surface area contributed by atoms with Crippen molar-refractivity contribution >= 4 is 6.29 Å². The van der Waals surface area contributed by atoms with Crippen molar-refractivity contribution in [3.8, 4) is 0 Å². The highest BCUT2D eigenvalue weighted by atomic mass is 16.3. The van der Waals surface area contributed by atoms with E-state index in [1.54, 1.807) is 0 Å². The number of aliphatic hydroxyl groups excluding tert-OH is 1. The van der Waals surface area contributed by atoms with E-state index in [2.05, 4.69) is 20.1 Å². The third-order valence-corrected chi connectivity index (χ3v) is 4.84. The minimum absolute atomic E-state index is 0.0691. The number of hydrogen-bond donors (Lipinski definition) is 1. The lowest BCUT2D eigenvalue weighted by molar-refractivity contribution is -0.107. The predicted molar refractivity (Wildman–Crippen MR) is 68.5 cm³/mol. The SMILES string of the molecule is C=C1CCC[C@@]2(C)CC[C@@H](C(=C)C=O)[C@H](O)[C@@H]12. The third-order valence-electron chi connectivity index (χ3n) is 4.84. The number of fused-ring (bicyclic) bond motifs is 1. The molecule has 0 amide bonds. The first-order valence-corrected chi connectivity index (χ1v) is 6.49. The van der Waals surface area contributed by atoms with Crippen LogP contribution in [-0.2, 0) is 4.79 Å². The fourth-order valence-electron chi connectivity index (χ4n) is 3.84. The minimum Gasteiger partial charge on any atom is -0.392 e. The molecule has 0 radical (unpaired) electrons. The summed E-state index contributed by atoms with van der Waals surface area (Å²) in [6.07, 6.45) is 5.61.